The zero-order valence-corrected chi connectivity index (χ0v) is 18.9. The summed E-state index contributed by atoms with van der Waals surface area (Å²) in [6.45, 7) is 1.56. The number of pyridine rings is 1. The van der Waals surface area contributed by atoms with Crippen LogP contribution in [0.1, 0.15) is 28.4 Å². The van der Waals surface area contributed by atoms with Gasteiger partial charge in [0, 0.05) is 42.4 Å². The summed E-state index contributed by atoms with van der Waals surface area (Å²) in [7, 11) is 1.57. The predicted molar refractivity (Wildman–Crippen MR) is 123 cm³/mol. The Balaban J connectivity index is 1.38. The largest absolute Gasteiger partial charge is 0.573 e. The van der Waals surface area contributed by atoms with Crippen LogP contribution < -0.4 is 15.0 Å². The molecule has 2 aromatic carbocycles. The molecule has 2 aliphatic rings. The average molecular weight is 484 g/mol. The van der Waals surface area contributed by atoms with Crippen molar-refractivity contribution in [2.24, 2.45) is 5.92 Å². The summed E-state index contributed by atoms with van der Waals surface area (Å²) in [5, 5.41) is 0. The van der Waals surface area contributed by atoms with Gasteiger partial charge >= 0.3 is 6.36 Å². The van der Waals surface area contributed by atoms with Gasteiger partial charge in [0.1, 0.15) is 11.5 Å². The second-order valence-corrected chi connectivity index (χ2v) is 8.90. The van der Waals surface area contributed by atoms with E-state index in [4.69, 9.17) is 4.74 Å². The van der Waals surface area contributed by atoms with E-state index in [1.54, 1.807) is 42.0 Å². The van der Waals surface area contributed by atoms with Gasteiger partial charge in [-0.1, -0.05) is 12.1 Å². The van der Waals surface area contributed by atoms with Crippen molar-refractivity contribution < 1.29 is 27.4 Å². The van der Waals surface area contributed by atoms with Crippen molar-refractivity contribution in [1.82, 2.24) is 9.47 Å². The second-order valence-electron chi connectivity index (χ2n) is 8.90. The standard InChI is InChI=1S/C26H23F3N2O4/c1-34-20-6-4-18(5-7-20)24(32)30-13-16-12-19(15-30)23-11-10-22(25(33)31(23)14-16)17-2-8-21(9-3-17)35-26(27,28)29/h2-11,16,19H,12-15H2,1H3/t16-,19-/m1/s1. The molecule has 0 aliphatic carbocycles. The fourth-order valence-electron chi connectivity index (χ4n) is 5.08. The Hall–Kier alpha value is -3.75. The molecule has 3 aromatic rings. The van der Waals surface area contributed by atoms with E-state index in [9.17, 15) is 22.8 Å². The smallest absolute Gasteiger partial charge is 0.497 e. The summed E-state index contributed by atoms with van der Waals surface area (Å²) < 4.78 is 48.1. The first-order valence-electron chi connectivity index (χ1n) is 11.2. The summed E-state index contributed by atoms with van der Waals surface area (Å²) in [5.74, 6) is 0.475. The molecule has 0 N–H and O–H groups in total. The number of amides is 1. The number of rotatable bonds is 4. The SMILES string of the molecule is COc1ccc(C(=O)N2C[C@H]3C[C@H](C2)c2ccc(-c4ccc(OC(F)(F)F)cc4)c(=O)n2C3)cc1. The molecule has 1 aromatic heterocycles. The number of ether oxygens (including phenoxy) is 2. The molecule has 6 nitrogen and oxygen atoms in total. The number of fused-ring (bicyclic) bond motifs is 4. The number of piperidine rings is 1. The van der Waals surface area contributed by atoms with Crippen molar-refractivity contribution in [2.75, 3.05) is 20.2 Å². The zero-order chi connectivity index (χ0) is 24.7. The van der Waals surface area contributed by atoms with E-state index in [1.165, 1.54) is 24.3 Å². The maximum absolute atomic E-state index is 13.3. The van der Waals surface area contributed by atoms with Crippen molar-refractivity contribution in [2.45, 2.75) is 25.2 Å². The Morgan fingerprint density at radius 3 is 2.26 bits per heavy atom. The lowest BCUT2D eigenvalue weighted by Gasteiger charge is -2.43. The molecule has 0 saturated carbocycles. The number of likely N-dealkylation sites (tertiary alicyclic amines) is 1. The lowest BCUT2D eigenvalue weighted by Crippen LogP contribution is -2.49. The van der Waals surface area contributed by atoms with Crippen LogP contribution in [0, 0.1) is 5.92 Å². The van der Waals surface area contributed by atoms with Crippen LogP contribution in [0.15, 0.2) is 65.5 Å². The molecule has 1 amide bonds. The molecule has 0 spiro atoms. The molecule has 2 aliphatic heterocycles. The van der Waals surface area contributed by atoms with Crippen molar-refractivity contribution in [1.29, 1.82) is 0 Å². The van der Waals surface area contributed by atoms with E-state index >= 15 is 0 Å². The molecule has 5 rings (SSSR count). The van der Waals surface area contributed by atoms with Gasteiger partial charge in [-0.25, -0.2) is 0 Å². The van der Waals surface area contributed by atoms with Gasteiger partial charge in [-0.3, -0.25) is 9.59 Å². The van der Waals surface area contributed by atoms with Crippen LogP contribution in [0.4, 0.5) is 13.2 Å². The molecular formula is C26H23F3N2O4. The minimum Gasteiger partial charge on any atom is -0.497 e. The fraction of sp³-hybridized carbons (Fsp3) is 0.308. The fourth-order valence-corrected chi connectivity index (χ4v) is 5.08. The number of benzene rings is 2. The lowest BCUT2D eigenvalue weighted by molar-refractivity contribution is -0.274. The summed E-state index contributed by atoms with van der Waals surface area (Å²) in [4.78, 5) is 28.3. The van der Waals surface area contributed by atoms with Gasteiger partial charge in [0.25, 0.3) is 11.5 Å². The van der Waals surface area contributed by atoms with Crippen LogP contribution in [0.2, 0.25) is 0 Å². The van der Waals surface area contributed by atoms with E-state index < -0.39 is 6.36 Å². The number of carbonyl (C=O) groups excluding carboxylic acids is 1. The molecule has 0 unspecified atom stereocenters. The van der Waals surface area contributed by atoms with Crippen LogP contribution in [-0.4, -0.2) is 41.9 Å². The molecule has 9 heteroatoms. The van der Waals surface area contributed by atoms with E-state index in [-0.39, 0.29) is 29.1 Å². The highest BCUT2D eigenvalue weighted by Gasteiger charge is 2.37. The Kier molecular flexibility index (Phi) is 5.78. The monoisotopic (exact) mass is 484 g/mol. The van der Waals surface area contributed by atoms with Gasteiger partial charge in [-0.15, -0.1) is 13.2 Å². The predicted octanol–water partition coefficient (Wildman–Crippen LogP) is 4.68. The van der Waals surface area contributed by atoms with Gasteiger partial charge in [0.05, 0.1) is 7.11 Å². The van der Waals surface area contributed by atoms with Crippen LogP contribution >= 0.6 is 0 Å². The van der Waals surface area contributed by atoms with Crippen LogP contribution in [0.3, 0.4) is 0 Å². The first-order valence-corrected chi connectivity index (χ1v) is 11.2. The van der Waals surface area contributed by atoms with Crippen molar-refractivity contribution in [3.63, 3.8) is 0 Å². The first kappa shape index (κ1) is 23.0. The van der Waals surface area contributed by atoms with Crippen LogP contribution in [0.5, 0.6) is 11.5 Å². The topological polar surface area (TPSA) is 60.8 Å². The molecule has 3 heterocycles. The van der Waals surface area contributed by atoms with Crippen molar-refractivity contribution >= 4 is 5.91 Å². The molecule has 2 atom stereocenters. The summed E-state index contributed by atoms with van der Waals surface area (Å²) in [5.41, 5.74) is 2.22. The van der Waals surface area contributed by atoms with E-state index in [2.05, 4.69) is 4.74 Å². The third-order valence-electron chi connectivity index (χ3n) is 6.63. The maximum Gasteiger partial charge on any atom is 0.573 e. The van der Waals surface area contributed by atoms with E-state index in [0.29, 0.717) is 42.1 Å². The van der Waals surface area contributed by atoms with Gasteiger partial charge in [0.15, 0.2) is 0 Å². The average Bonchev–Trinajstić information content (AvgIpc) is 2.84. The number of hydrogen-bond acceptors (Lipinski definition) is 4. The highest BCUT2D eigenvalue weighted by atomic mass is 19.4. The van der Waals surface area contributed by atoms with Crippen molar-refractivity contribution in [3.8, 4) is 22.6 Å². The Morgan fingerprint density at radius 2 is 1.60 bits per heavy atom. The molecule has 1 saturated heterocycles. The highest BCUT2D eigenvalue weighted by molar-refractivity contribution is 5.94. The van der Waals surface area contributed by atoms with Gasteiger partial charge in [-0.05, 0) is 66.4 Å². The minimum atomic E-state index is -4.77. The van der Waals surface area contributed by atoms with E-state index in [1.807, 2.05) is 11.0 Å². The Labute approximate surface area is 199 Å². The number of methoxy groups -OCH3 is 1. The second kappa shape index (κ2) is 8.79. The van der Waals surface area contributed by atoms with E-state index in [0.717, 1.165) is 12.1 Å². The maximum atomic E-state index is 13.3. The van der Waals surface area contributed by atoms with Crippen molar-refractivity contribution in [3.05, 3.63) is 82.3 Å². The summed E-state index contributed by atoms with van der Waals surface area (Å²) in [6, 6.07) is 15.9. The van der Waals surface area contributed by atoms with Crippen LogP contribution in [0.25, 0.3) is 11.1 Å². The Morgan fingerprint density at radius 1 is 0.914 bits per heavy atom. The normalized spacial score (nSPS) is 19.1. The quantitative estimate of drug-likeness (QED) is 0.540. The number of alkyl halides is 3. The lowest BCUT2D eigenvalue weighted by atomic mass is 9.82. The molecular weight excluding hydrogens is 461 g/mol. The molecule has 35 heavy (non-hydrogen) atoms. The molecule has 1 fully saturated rings. The van der Waals surface area contributed by atoms with Gasteiger partial charge in [-0.2, -0.15) is 0 Å². The number of hydrogen-bond donors (Lipinski definition) is 0. The number of halogens is 3. The third kappa shape index (κ3) is 4.62. The molecule has 0 radical (unpaired) electrons. The third-order valence-corrected chi connectivity index (χ3v) is 6.63. The first-order chi connectivity index (χ1) is 16.7. The minimum absolute atomic E-state index is 0.0361. The van der Waals surface area contributed by atoms with Gasteiger partial charge < -0.3 is 18.9 Å². The zero-order valence-electron chi connectivity index (χ0n) is 18.9. The van der Waals surface area contributed by atoms with Crippen LogP contribution in [-0.2, 0) is 6.54 Å². The molecule has 182 valence electrons. The Bertz CT molecular complexity index is 1300. The summed E-state index contributed by atoms with van der Waals surface area (Å²) >= 11 is 0. The number of nitrogens with zero attached hydrogens (tertiary/aromatic N) is 2. The van der Waals surface area contributed by atoms with Gasteiger partial charge in [0.2, 0.25) is 0 Å². The number of carbonyl (C=O) groups is 1. The molecule has 2 bridgehead atoms. The summed E-state index contributed by atoms with van der Waals surface area (Å²) in [6.07, 6.45) is -3.87. The number of aromatic nitrogens is 1. The highest BCUT2D eigenvalue weighted by Crippen LogP contribution is 2.36.